The minimum atomic E-state index is -0.180. The van der Waals surface area contributed by atoms with E-state index in [1.54, 1.807) is 0 Å². The Labute approximate surface area is 144 Å². The molecule has 1 spiro atoms. The molecule has 0 saturated carbocycles. The topological polar surface area (TPSA) is 51.7 Å². The highest BCUT2D eigenvalue weighted by Gasteiger charge is 2.49. The molecule has 0 N–H and O–H groups in total. The van der Waals surface area contributed by atoms with Crippen molar-refractivity contribution in [2.45, 2.75) is 58.3 Å². The zero-order valence-electron chi connectivity index (χ0n) is 15.0. The van der Waals surface area contributed by atoms with Crippen LogP contribution in [0.5, 0.6) is 0 Å². The van der Waals surface area contributed by atoms with Crippen LogP contribution in [0.2, 0.25) is 0 Å². The highest BCUT2D eigenvalue weighted by atomic mass is 16.5. The minimum Gasteiger partial charge on any atom is -0.373 e. The average Bonchev–Trinajstić information content (AvgIpc) is 2.50. The molecule has 5 nitrogen and oxygen atoms in total. The van der Waals surface area contributed by atoms with Crippen LogP contribution < -0.4 is 0 Å². The van der Waals surface area contributed by atoms with Crippen molar-refractivity contribution in [2.24, 2.45) is 5.92 Å². The number of pyridine rings is 1. The van der Waals surface area contributed by atoms with Gasteiger partial charge in [-0.05, 0) is 30.4 Å². The Balaban J connectivity index is 1.48. The number of hydrogen-bond donors (Lipinski definition) is 0. The van der Waals surface area contributed by atoms with E-state index in [-0.39, 0.29) is 17.6 Å². The fraction of sp³-hybridized carbons (Fsp3) is 0.684. The molecule has 3 heterocycles. The van der Waals surface area contributed by atoms with Crippen LogP contribution in [0.25, 0.3) is 0 Å². The normalized spacial score (nSPS) is 22.7. The summed E-state index contributed by atoms with van der Waals surface area (Å²) in [6.07, 6.45) is 6.32. The second-order valence-electron chi connectivity index (χ2n) is 7.68. The van der Waals surface area contributed by atoms with E-state index in [2.05, 4.69) is 24.9 Å². The van der Waals surface area contributed by atoms with Gasteiger partial charge >= 0.3 is 0 Å². The molecule has 1 amide bonds. The number of rotatable bonds is 5. The third-order valence-electron chi connectivity index (χ3n) is 4.76. The molecule has 3 rings (SSSR count). The van der Waals surface area contributed by atoms with E-state index in [0.29, 0.717) is 38.6 Å². The van der Waals surface area contributed by atoms with Gasteiger partial charge in [-0.15, -0.1) is 0 Å². The van der Waals surface area contributed by atoms with Gasteiger partial charge in [-0.2, -0.15) is 0 Å². The van der Waals surface area contributed by atoms with E-state index in [1.165, 1.54) is 0 Å². The molecule has 0 unspecified atom stereocenters. The van der Waals surface area contributed by atoms with Crippen LogP contribution in [0, 0.1) is 12.8 Å². The van der Waals surface area contributed by atoms with Gasteiger partial charge in [0.1, 0.15) is 5.60 Å². The lowest BCUT2D eigenvalue weighted by molar-refractivity contribution is -0.202. The van der Waals surface area contributed by atoms with Crippen LogP contribution in [0.15, 0.2) is 18.5 Å². The smallest absolute Gasteiger partial charge is 0.223 e. The summed E-state index contributed by atoms with van der Waals surface area (Å²) in [5.41, 5.74) is 2.08. The molecular formula is C19H28N2O3. The molecule has 24 heavy (non-hydrogen) atoms. The predicted octanol–water partition coefficient (Wildman–Crippen LogP) is 2.71. The Bertz CT molecular complexity index is 582. The monoisotopic (exact) mass is 332 g/mol. The first-order chi connectivity index (χ1) is 11.5. The minimum absolute atomic E-state index is 0.180. The Morgan fingerprint density at radius 1 is 1.46 bits per heavy atom. The Morgan fingerprint density at radius 3 is 2.96 bits per heavy atom. The zero-order chi connectivity index (χ0) is 17.2. The first kappa shape index (κ1) is 17.4. The van der Waals surface area contributed by atoms with Crippen molar-refractivity contribution in [3.8, 4) is 0 Å². The van der Waals surface area contributed by atoms with Gasteiger partial charge in [-0.25, -0.2) is 0 Å². The fourth-order valence-corrected chi connectivity index (χ4v) is 3.56. The molecule has 2 saturated heterocycles. The molecule has 2 fully saturated rings. The number of nitrogens with zero attached hydrogens (tertiary/aromatic N) is 2. The summed E-state index contributed by atoms with van der Waals surface area (Å²) >= 11 is 0. The van der Waals surface area contributed by atoms with E-state index in [4.69, 9.17) is 9.47 Å². The van der Waals surface area contributed by atoms with Crippen LogP contribution in [0.1, 0.15) is 44.2 Å². The number of aryl methyl sites for hydroxylation is 1. The number of carbonyl (C=O) groups is 1. The molecule has 1 aromatic rings. The molecule has 0 radical (unpaired) electrons. The van der Waals surface area contributed by atoms with Gasteiger partial charge in [0.05, 0.1) is 25.8 Å². The summed E-state index contributed by atoms with van der Waals surface area (Å²) in [5.74, 6) is 0.647. The average molecular weight is 332 g/mol. The van der Waals surface area contributed by atoms with Crippen molar-refractivity contribution in [3.05, 3.63) is 29.6 Å². The van der Waals surface area contributed by atoms with Crippen molar-refractivity contribution >= 4 is 5.91 Å². The van der Waals surface area contributed by atoms with Crippen LogP contribution in [0.4, 0.5) is 0 Å². The highest BCUT2D eigenvalue weighted by molar-refractivity contribution is 5.77. The summed E-state index contributed by atoms with van der Waals surface area (Å²) in [4.78, 5) is 18.2. The molecule has 2 aliphatic heterocycles. The number of hydrogen-bond acceptors (Lipinski definition) is 4. The van der Waals surface area contributed by atoms with Gasteiger partial charge < -0.3 is 14.4 Å². The number of aromatic nitrogens is 1. The quantitative estimate of drug-likeness (QED) is 0.832. The largest absolute Gasteiger partial charge is 0.373 e. The SMILES string of the molecule is Cc1cncc(CO[C@H]2CCOC3(C2)CN(C(=O)CC(C)C)C3)c1. The van der Waals surface area contributed by atoms with Gasteiger partial charge in [0, 0.05) is 31.8 Å². The lowest BCUT2D eigenvalue weighted by Crippen LogP contribution is -2.67. The number of likely N-dealkylation sites (tertiary alicyclic amines) is 1. The maximum absolute atomic E-state index is 12.1. The maximum Gasteiger partial charge on any atom is 0.223 e. The highest BCUT2D eigenvalue weighted by Crippen LogP contribution is 2.36. The molecule has 0 aromatic carbocycles. The summed E-state index contributed by atoms with van der Waals surface area (Å²) in [6, 6.07) is 2.11. The van der Waals surface area contributed by atoms with Gasteiger partial charge in [0.2, 0.25) is 5.91 Å². The summed E-state index contributed by atoms with van der Waals surface area (Å²) in [5, 5.41) is 0. The Morgan fingerprint density at radius 2 is 2.25 bits per heavy atom. The predicted molar refractivity (Wildman–Crippen MR) is 91.5 cm³/mol. The second kappa shape index (κ2) is 7.19. The lowest BCUT2D eigenvalue weighted by Gasteiger charge is -2.53. The standard InChI is InChI=1S/C19H28N2O3/c1-14(2)6-18(22)21-12-19(13-21)8-17(4-5-24-19)23-11-16-7-15(3)9-20-10-16/h7,9-10,14,17H,4-6,8,11-13H2,1-3H3/t17-/m0/s1. The summed E-state index contributed by atoms with van der Waals surface area (Å²) in [7, 11) is 0. The molecule has 132 valence electrons. The van der Waals surface area contributed by atoms with Crippen molar-refractivity contribution < 1.29 is 14.3 Å². The maximum atomic E-state index is 12.1. The number of amides is 1. The van der Waals surface area contributed by atoms with Gasteiger partial charge in [-0.1, -0.05) is 19.9 Å². The van der Waals surface area contributed by atoms with E-state index in [0.717, 1.165) is 24.0 Å². The van der Waals surface area contributed by atoms with E-state index in [1.807, 2.05) is 24.2 Å². The van der Waals surface area contributed by atoms with Crippen LogP contribution >= 0.6 is 0 Å². The Kier molecular flexibility index (Phi) is 5.21. The van der Waals surface area contributed by atoms with Crippen molar-refractivity contribution in [1.29, 1.82) is 0 Å². The lowest BCUT2D eigenvalue weighted by atomic mass is 9.84. The molecule has 0 aliphatic carbocycles. The summed E-state index contributed by atoms with van der Waals surface area (Å²) in [6.45, 7) is 8.92. The van der Waals surface area contributed by atoms with E-state index >= 15 is 0 Å². The van der Waals surface area contributed by atoms with Crippen molar-refractivity contribution in [3.63, 3.8) is 0 Å². The molecule has 2 aliphatic rings. The van der Waals surface area contributed by atoms with Crippen molar-refractivity contribution in [2.75, 3.05) is 19.7 Å². The first-order valence-electron chi connectivity index (χ1n) is 8.90. The van der Waals surface area contributed by atoms with Crippen LogP contribution in [-0.4, -0.2) is 47.2 Å². The number of carbonyl (C=O) groups excluding carboxylic acids is 1. The zero-order valence-corrected chi connectivity index (χ0v) is 15.0. The van der Waals surface area contributed by atoms with Crippen LogP contribution in [0.3, 0.4) is 0 Å². The first-order valence-corrected chi connectivity index (χ1v) is 8.90. The summed E-state index contributed by atoms with van der Waals surface area (Å²) < 4.78 is 12.1. The fourth-order valence-electron chi connectivity index (χ4n) is 3.56. The molecule has 0 bridgehead atoms. The molecule has 1 atom stereocenters. The van der Waals surface area contributed by atoms with Crippen molar-refractivity contribution in [1.82, 2.24) is 9.88 Å². The van der Waals surface area contributed by atoms with E-state index < -0.39 is 0 Å². The van der Waals surface area contributed by atoms with Gasteiger partial charge in [0.25, 0.3) is 0 Å². The van der Waals surface area contributed by atoms with Gasteiger partial charge in [0.15, 0.2) is 0 Å². The third kappa shape index (κ3) is 4.14. The molecule has 1 aromatic heterocycles. The number of ether oxygens (including phenoxy) is 2. The van der Waals surface area contributed by atoms with Gasteiger partial charge in [-0.3, -0.25) is 9.78 Å². The molecule has 5 heteroatoms. The molecular weight excluding hydrogens is 304 g/mol. The van der Waals surface area contributed by atoms with E-state index in [9.17, 15) is 4.79 Å². The second-order valence-corrected chi connectivity index (χ2v) is 7.68. The Hall–Kier alpha value is -1.46. The van der Waals surface area contributed by atoms with Crippen LogP contribution in [-0.2, 0) is 20.9 Å². The third-order valence-corrected chi connectivity index (χ3v) is 4.76.